The minimum absolute atomic E-state index is 0.0226. The van der Waals surface area contributed by atoms with Crippen molar-refractivity contribution in [3.63, 3.8) is 0 Å². The second-order valence-corrected chi connectivity index (χ2v) is 6.09. The fourth-order valence-corrected chi connectivity index (χ4v) is 2.53. The number of allylic oxidation sites excluding steroid dienone is 3. The Bertz CT molecular complexity index is 523. The predicted octanol–water partition coefficient (Wildman–Crippen LogP) is 2.73. The van der Waals surface area contributed by atoms with Crippen molar-refractivity contribution in [1.82, 2.24) is 0 Å². The highest BCUT2D eigenvalue weighted by Crippen LogP contribution is 2.44. The van der Waals surface area contributed by atoms with Crippen molar-refractivity contribution >= 4 is 11.8 Å². The largest absolute Gasteiger partial charge is 0.463 e. The molecular weight excluding hydrogens is 268 g/mol. The summed E-state index contributed by atoms with van der Waals surface area (Å²) in [4.78, 5) is 23.0. The Morgan fingerprint density at radius 2 is 2.10 bits per heavy atom. The van der Waals surface area contributed by atoms with Crippen LogP contribution in [-0.2, 0) is 14.3 Å². The summed E-state index contributed by atoms with van der Waals surface area (Å²) in [6.07, 6.45) is 6.48. The Kier molecular flexibility index (Phi) is 5.29. The second kappa shape index (κ2) is 6.39. The third-order valence-electron chi connectivity index (χ3n) is 3.85. The molecule has 1 atom stereocenters. The van der Waals surface area contributed by atoms with Crippen LogP contribution in [0.2, 0.25) is 0 Å². The highest BCUT2D eigenvalue weighted by molar-refractivity contribution is 5.92. The highest BCUT2D eigenvalue weighted by Gasteiger charge is 2.46. The number of ether oxygens (including phenoxy) is 1. The van der Waals surface area contributed by atoms with Crippen molar-refractivity contribution < 1.29 is 19.4 Å². The first-order valence-electron chi connectivity index (χ1n) is 7.10. The molecule has 0 aromatic heterocycles. The van der Waals surface area contributed by atoms with Crippen LogP contribution in [0.25, 0.3) is 0 Å². The molecule has 4 heteroatoms. The van der Waals surface area contributed by atoms with E-state index < -0.39 is 17.0 Å². The molecule has 0 heterocycles. The van der Waals surface area contributed by atoms with Crippen LogP contribution in [0.4, 0.5) is 0 Å². The van der Waals surface area contributed by atoms with Gasteiger partial charge in [-0.15, -0.1) is 0 Å². The quantitative estimate of drug-likeness (QED) is 0.491. The molecule has 21 heavy (non-hydrogen) atoms. The fourth-order valence-electron chi connectivity index (χ4n) is 2.53. The minimum atomic E-state index is -1.20. The summed E-state index contributed by atoms with van der Waals surface area (Å²) in [5, 5.41) is 10.9. The number of hydrogen-bond acceptors (Lipinski definition) is 4. The van der Waals surface area contributed by atoms with Crippen molar-refractivity contribution in [2.24, 2.45) is 5.41 Å². The van der Waals surface area contributed by atoms with Crippen molar-refractivity contribution in [2.45, 2.75) is 46.6 Å². The van der Waals surface area contributed by atoms with Gasteiger partial charge in [0.1, 0.15) is 5.60 Å². The molecule has 1 aliphatic rings. The number of carbonyl (C=O) groups excluding carboxylic acids is 2. The third kappa shape index (κ3) is 3.91. The maximum atomic E-state index is 11.6. The van der Waals surface area contributed by atoms with Gasteiger partial charge < -0.3 is 9.84 Å². The lowest BCUT2D eigenvalue weighted by atomic mass is 9.64. The lowest BCUT2D eigenvalue weighted by molar-refractivity contribution is -0.137. The SMILES string of the molecule is CCOC(=O)C=C(C)C=CC1(O)C(C)=CC(=O)CC1(C)C. The molecule has 4 nitrogen and oxygen atoms in total. The number of esters is 1. The molecule has 0 spiro atoms. The molecule has 0 aliphatic heterocycles. The summed E-state index contributed by atoms with van der Waals surface area (Å²) in [5.74, 6) is -0.383. The van der Waals surface area contributed by atoms with Crippen molar-refractivity contribution in [1.29, 1.82) is 0 Å². The molecule has 1 rings (SSSR count). The lowest BCUT2D eigenvalue weighted by Gasteiger charge is -2.43. The molecule has 0 aromatic carbocycles. The van der Waals surface area contributed by atoms with Crippen molar-refractivity contribution in [3.05, 3.63) is 35.5 Å². The van der Waals surface area contributed by atoms with Crippen LogP contribution in [0.5, 0.6) is 0 Å². The van der Waals surface area contributed by atoms with Crippen LogP contribution in [0, 0.1) is 5.41 Å². The maximum absolute atomic E-state index is 11.6. The van der Waals surface area contributed by atoms with Gasteiger partial charge in [-0.1, -0.05) is 19.9 Å². The topological polar surface area (TPSA) is 63.6 Å². The van der Waals surface area contributed by atoms with Gasteiger partial charge in [-0.3, -0.25) is 4.79 Å². The molecule has 116 valence electrons. The van der Waals surface area contributed by atoms with Crippen LogP contribution in [0.1, 0.15) is 41.0 Å². The lowest BCUT2D eigenvalue weighted by Crippen LogP contribution is -2.48. The summed E-state index contributed by atoms with van der Waals surface area (Å²) in [6.45, 7) is 9.29. The molecule has 0 radical (unpaired) electrons. The number of hydrogen-bond donors (Lipinski definition) is 1. The summed E-state index contributed by atoms with van der Waals surface area (Å²) < 4.78 is 4.84. The monoisotopic (exact) mass is 292 g/mol. The van der Waals surface area contributed by atoms with Crippen LogP contribution >= 0.6 is 0 Å². The Morgan fingerprint density at radius 1 is 1.48 bits per heavy atom. The van der Waals surface area contributed by atoms with Gasteiger partial charge in [-0.05, 0) is 44.1 Å². The average molecular weight is 292 g/mol. The highest BCUT2D eigenvalue weighted by atomic mass is 16.5. The molecule has 0 bridgehead atoms. The predicted molar refractivity (Wildman–Crippen MR) is 81.6 cm³/mol. The summed E-state index contributed by atoms with van der Waals surface area (Å²) in [7, 11) is 0. The van der Waals surface area contributed by atoms with E-state index in [4.69, 9.17) is 4.74 Å². The van der Waals surface area contributed by atoms with Gasteiger partial charge in [0.2, 0.25) is 0 Å². The van der Waals surface area contributed by atoms with E-state index in [1.54, 1.807) is 32.9 Å². The smallest absolute Gasteiger partial charge is 0.330 e. The first-order valence-corrected chi connectivity index (χ1v) is 7.10. The number of rotatable bonds is 4. The Hall–Kier alpha value is -1.68. The minimum Gasteiger partial charge on any atom is -0.463 e. The van der Waals surface area contributed by atoms with Gasteiger partial charge in [0.25, 0.3) is 0 Å². The molecule has 1 aliphatic carbocycles. The van der Waals surface area contributed by atoms with Gasteiger partial charge in [0, 0.05) is 17.9 Å². The first kappa shape index (κ1) is 17.4. The number of carbonyl (C=O) groups is 2. The zero-order valence-corrected chi connectivity index (χ0v) is 13.4. The van der Waals surface area contributed by atoms with E-state index in [0.717, 1.165) is 0 Å². The fraction of sp³-hybridized carbons (Fsp3) is 0.529. The number of ketones is 1. The normalized spacial score (nSPS) is 25.9. The standard InChI is InChI=1S/C17H24O4/c1-6-21-15(19)9-12(2)7-8-17(20)13(3)10-14(18)11-16(17,4)5/h7-10,20H,6,11H2,1-5H3. The van der Waals surface area contributed by atoms with Crippen LogP contribution in [0.15, 0.2) is 35.5 Å². The summed E-state index contributed by atoms with van der Waals surface area (Å²) in [5.41, 5.74) is -0.500. The summed E-state index contributed by atoms with van der Waals surface area (Å²) >= 11 is 0. The Labute approximate surface area is 126 Å². The van der Waals surface area contributed by atoms with Crippen LogP contribution in [-0.4, -0.2) is 29.1 Å². The summed E-state index contributed by atoms with van der Waals surface area (Å²) in [6, 6.07) is 0. The Morgan fingerprint density at radius 3 is 2.62 bits per heavy atom. The Balaban J connectivity index is 3.03. The molecular formula is C17H24O4. The van der Waals surface area contributed by atoms with E-state index >= 15 is 0 Å². The van der Waals surface area contributed by atoms with Gasteiger partial charge in [0.05, 0.1) is 6.61 Å². The van der Waals surface area contributed by atoms with Crippen LogP contribution in [0.3, 0.4) is 0 Å². The van der Waals surface area contributed by atoms with Crippen LogP contribution < -0.4 is 0 Å². The molecule has 0 saturated carbocycles. The van der Waals surface area contributed by atoms with Gasteiger partial charge in [-0.25, -0.2) is 4.79 Å². The van der Waals surface area contributed by atoms with Crippen molar-refractivity contribution in [3.8, 4) is 0 Å². The molecule has 0 fully saturated rings. The van der Waals surface area contributed by atoms with E-state index in [9.17, 15) is 14.7 Å². The van der Waals surface area contributed by atoms with E-state index in [1.807, 2.05) is 13.8 Å². The van der Waals surface area contributed by atoms with Gasteiger partial charge >= 0.3 is 5.97 Å². The molecule has 1 unspecified atom stereocenters. The van der Waals surface area contributed by atoms with Crippen molar-refractivity contribution in [2.75, 3.05) is 6.61 Å². The second-order valence-electron chi connectivity index (χ2n) is 6.09. The third-order valence-corrected chi connectivity index (χ3v) is 3.85. The zero-order chi connectivity index (χ0) is 16.3. The average Bonchev–Trinajstić information content (AvgIpc) is 2.33. The van der Waals surface area contributed by atoms with Gasteiger partial charge in [-0.2, -0.15) is 0 Å². The molecule has 0 amide bonds. The maximum Gasteiger partial charge on any atom is 0.330 e. The molecule has 1 N–H and O–H groups in total. The van der Waals surface area contributed by atoms with E-state index in [1.165, 1.54) is 12.2 Å². The molecule has 0 saturated heterocycles. The van der Waals surface area contributed by atoms with E-state index in [-0.39, 0.29) is 12.2 Å². The van der Waals surface area contributed by atoms with E-state index in [2.05, 4.69) is 0 Å². The van der Waals surface area contributed by atoms with Gasteiger partial charge in [0.15, 0.2) is 5.78 Å². The zero-order valence-electron chi connectivity index (χ0n) is 13.4. The first-order chi connectivity index (χ1) is 9.62. The number of aliphatic hydroxyl groups is 1. The molecule has 0 aromatic rings. The van der Waals surface area contributed by atoms with E-state index in [0.29, 0.717) is 17.8 Å².